The van der Waals surface area contributed by atoms with E-state index in [0.29, 0.717) is 0 Å². The summed E-state index contributed by atoms with van der Waals surface area (Å²) in [4.78, 5) is 0. The van der Waals surface area contributed by atoms with Crippen LogP contribution in [-0.2, 0) is 12.8 Å². The predicted molar refractivity (Wildman–Crippen MR) is 56.8 cm³/mol. The van der Waals surface area contributed by atoms with Gasteiger partial charge in [-0.15, -0.1) is 0 Å². The molecule has 0 bridgehead atoms. The van der Waals surface area contributed by atoms with Crippen LogP contribution in [0.5, 0.6) is 0 Å². The molecule has 0 amide bonds. The standard InChI is InChI=1S/C13H16/c1-2-4-8-12-10-6-7-11-13(12)9-5-3-1/h1-2,6-7,10-11H,3-5,8-9H2. The molecule has 68 valence electrons. The lowest BCUT2D eigenvalue weighted by molar-refractivity contribution is 0.837. The zero-order valence-corrected chi connectivity index (χ0v) is 8.00. The molecular formula is C13H16. The SMILES string of the molecule is C1=CCCc2ccccc2CCC1. The number of benzene rings is 1. The Kier molecular flexibility index (Phi) is 2.81. The molecule has 0 atom stereocenters. The van der Waals surface area contributed by atoms with Gasteiger partial charge in [0.05, 0.1) is 0 Å². The fourth-order valence-corrected chi connectivity index (χ4v) is 1.93. The van der Waals surface area contributed by atoms with Crippen molar-refractivity contribution in [2.24, 2.45) is 0 Å². The normalized spacial score (nSPS) is 16.9. The minimum absolute atomic E-state index is 1.21. The van der Waals surface area contributed by atoms with Gasteiger partial charge < -0.3 is 0 Å². The van der Waals surface area contributed by atoms with E-state index in [-0.39, 0.29) is 0 Å². The Morgan fingerprint density at radius 2 is 1.46 bits per heavy atom. The van der Waals surface area contributed by atoms with Crippen LogP contribution in [0.1, 0.15) is 30.4 Å². The van der Waals surface area contributed by atoms with Crippen molar-refractivity contribution in [2.45, 2.75) is 32.1 Å². The molecule has 0 spiro atoms. The highest BCUT2D eigenvalue weighted by Gasteiger charge is 2.01. The Hall–Kier alpha value is -1.04. The lowest BCUT2D eigenvalue weighted by atomic mass is 10.00. The molecule has 2 rings (SSSR count). The second-order valence-corrected chi connectivity index (χ2v) is 3.67. The predicted octanol–water partition coefficient (Wildman–Crippen LogP) is 3.51. The van der Waals surface area contributed by atoms with Gasteiger partial charge in [-0.05, 0) is 43.2 Å². The van der Waals surface area contributed by atoms with Gasteiger partial charge in [0.1, 0.15) is 0 Å². The highest BCUT2D eigenvalue weighted by Crippen LogP contribution is 2.16. The van der Waals surface area contributed by atoms with Crippen LogP contribution in [0, 0.1) is 0 Å². The van der Waals surface area contributed by atoms with Crippen molar-refractivity contribution in [1.82, 2.24) is 0 Å². The van der Waals surface area contributed by atoms with Gasteiger partial charge in [0, 0.05) is 0 Å². The summed E-state index contributed by atoms with van der Waals surface area (Å²) in [5.74, 6) is 0. The van der Waals surface area contributed by atoms with E-state index in [9.17, 15) is 0 Å². The van der Waals surface area contributed by atoms with Crippen molar-refractivity contribution >= 4 is 0 Å². The lowest BCUT2D eigenvalue weighted by Gasteiger charge is -2.06. The van der Waals surface area contributed by atoms with Crippen LogP contribution in [0.15, 0.2) is 36.4 Å². The van der Waals surface area contributed by atoms with Gasteiger partial charge in [0.15, 0.2) is 0 Å². The van der Waals surface area contributed by atoms with Crippen molar-refractivity contribution in [3.8, 4) is 0 Å². The number of fused-ring (bicyclic) bond motifs is 1. The van der Waals surface area contributed by atoms with Gasteiger partial charge >= 0.3 is 0 Å². The van der Waals surface area contributed by atoms with Crippen molar-refractivity contribution in [1.29, 1.82) is 0 Å². The van der Waals surface area contributed by atoms with E-state index in [0.717, 1.165) is 0 Å². The van der Waals surface area contributed by atoms with Crippen molar-refractivity contribution in [2.75, 3.05) is 0 Å². The van der Waals surface area contributed by atoms with Crippen LogP contribution < -0.4 is 0 Å². The first-order valence-electron chi connectivity index (χ1n) is 5.18. The lowest BCUT2D eigenvalue weighted by Crippen LogP contribution is -1.92. The monoisotopic (exact) mass is 172 g/mol. The number of hydrogen-bond acceptors (Lipinski definition) is 0. The Morgan fingerprint density at radius 3 is 2.31 bits per heavy atom. The molecule has 0 aliphatic heterocycles. The zero-order chi connectivity index (χ0) is 8.93. The molecule has 0 unspecified atom stereocenters. The Morgan fingerprint density at radius 1 is 0.769 bits per heavy atom. The third-order valence-corrected chi connectivity index (χ3v) is 2.68. The summed E-state index contributed by atoms with van der Waals surface area (Å²) < 4.78 is 0. The third kappa shape index (κ3) is 2.21. The van der Waals surface area contributed by atoms with Crippen molar-refractivity contribution in [3.05, 3.63) is 47.5 Å². The van der Waals surface area contributed by atoms with Crippen molar-refractivity contribution < 1.29 is 0 Å². The highest BCUT2D eigenvalue weighted by atomic mass is 14.1. The van der Waals surface area contributed by atoms with E-state index in [1.807, 2.05) is 0 Å². The van der Waals surface area contributed by atoms with Crippen LogP contribution in [0.25, 0.3) is 0 Å². The van der Waals surface area contributed by atoms with Gasteiger partial charge in [-0.3, -0.25) is 0 Å². The summed E-state index contributed by atoms with van der Waals surface area (Å²) >= 11 is 0. The second-order valence-electron chi connectivity index (χ2n) is 3.67. The molecule has 0 saturated carbocycles. The summed E-state index contributed by atoms with van der Waals surface area (Å²) in [6, 6.07) is 8.86. The third-order valence-electron chi connectivity index (χ3n) is 2.68. The fourth-order valence-electron chi connectivity index (χ4n) is 1.93. The molecule has 1 aliphatic carbocycles. The molecule has 0 fully saturated rings. The van der Waals surface area contributed by atoms with Gasteiger partial charge in [0.25, 0.3) is 0 Å². The van der Waals surface area contributed by atoms with Crippen LogP contribution in [-0.4, -0.2) is 0 Å². The maximum absolute atomic E-state index is 2.33. The number of allylic oxidation sites excluding steroid dienone is 2. The van der Waals surface area contributed by atoms with Crippen molar-refractivity contribution in [3.63, 3.8) is 0 Å². The van der Waals surface area contributed by atoms with Crippen LogP contribution in [0.4, 0.5) is 0 Å². The van der Waals surface area contributed by atoms with E-state index in [4.69, 9.17) is 0 Å². The van der Waals surface area contributed by atoms with E-state index in [1.165, 1.54) is 32.1 Å². The second kappa shape index (κ2) is 4.27. The van der Waals surface area contributed by atoms with Gasteiger partial charge in [-0.2, -0.15) is 0 Å². The number of aryl methyl sites for hydroxylation is 2. The van der Waals surface area contributed by atoms with E-state index >= 15 is 0 Å². The van der Waals surface area contributed by atoms with E-state index < -0.39 is 0 Å². The zero-order valence-electron chi connectivity index (χ0n) is 8.00. The largest absolute Gasteiger partial charge is 0.0885 e. The molecule has 13 heavy (non-hydrogen) atoms. The number of rotatable bonds is 0. The molecule has 0 saturated heterocycles. The topological polar surface area (TPSA) is 0 Å². The summed E-state index contributed by atoms with van der Waals surface area (Å²) in [7, 11) is 0. The molecular weight excluding hydrogens is 156 g/mol. The molecule has 0 radical (unpaired) electrons. The quantitative estimate of drug-likeness (QED) is 0.525. The smallest absolute Gasteiger partial charge is 0.0241 e. The molecule has 0 nitrogen and oxygen atoms in total. The molecule has 0 aromatic heterocycles. The molecule has 1 aromatic rings. The summed E-state index contributed by atoms with van der Waals surface area (Å²) in [6.45, 7) is 0. The highest BCUT2D eigenvalue weighted by molar-refractivity contribution is 5.28. The first kappa shape index (κ1) is 8.55. The van der Waals surface area contributed by atoms with Crippen LogP contribution in [0.3, 0.4) is 0 Å². The minimum Gasteiger partial charge on any atom is -0.0885 e. The molecule has 1 aromatic carbocycles. The van der Waals surface area contributed by atoms with Crippen LogP contribution in [0.2, 0.25) is 0 Å². The Labute approximate surface area is 80.3 Å². The Balaban J connectivity index is 2.22. The van der Waals surface area contributed by atoms with Gasteiger partial charge in [-0.1, -0.05) is 36.4 Å². The van der Waals surface area contributed by atoms with E-state index in [1.54, 1.807) is 11.1 Å². The summed E-state index contributed by atoms with van der Waals surface area (Å²) in [5.41, 5.74) is 3.11. The summed E-state index contributed by atoms with van der Waals surface area (Å²) in [5, 5.41) is 0. The maximum Gasteiger partial charge on any atom is -0.0241 e. The van der Waals surface area contributed by atoms with Gasteiger partial charge in [0.2, 0.25) is 0 Å². The maximum atomic E-state index is 2.33. The average Bonchev–Trinajstić information content (AvgIpc) is 2.28. The average molecular weight is 172 g/mol. The molecule has 0 N–H and O–H groups in total. The molecule has 0 heteroatoms. The van der Waals surface area contributed by atoms with Gasteiger partial charge in [-0.25, -0.2) is 0 Å². The molecule has 1 aliphatic rings. The first-order chi connectivity index (χ1) is 6.47. The van der Waals surface area contributed by atoms with Crippen LogP contribution >= 0.6 is 0 Å². The first-order valence-corrected chi connectivity index (χ1v) is 5.18. The number of hydrogen-bond donors (Lipinski definition) is 0. The Bertz CT molecular complexity index is 297. The minimum atomic E-state index is 1.21. The van der Waals surface area contributed by atoms with E-state index in [2.05, 4.69) is 36.4 Å². The fraction of sp³-hybridized carbons (Fsp3) is 0.385. The molecule has 0 heterocycles. The summed E-state index contributed by atoms with van der Waals surface area (Å²) in [6.07, 6.45) is 10.9.